The predicted octanol–water partition coefficient (Wildman–Crippen LogP) is 2.83. The average molecular weight is 258 g/mol. The molecular formula is C14H14N2OS. The van der Waals surface area contributed by atoms with E-state index >= 15 is 0 Å². The second-order valence-corrected chi connectivity index (χ2v) is 4.25. The van der Waals surface area contributed by atoms with Gasteiger partial charge in [0.25, 0.3) is 0 Å². The van der Waals surface area contributed by atoms with E-state index in [0.717, 1.165) is 11.1 Å². The Morgan fingerprint density at radius 3 is 2.89 bits per heavy atom. The quantitative estimate of drug-likeness (QED) is 0.677. The maximum absolute atomic E-state index is 5.63. The van der Waals surface area contributed by atoms with E-state index < -0.39 is 0 Å². The van der Waals surface area contributed by atoms with Crippen molar-refractivity contribution in [2.45, 2.75) is 20.5 Å². The van der Waals surface area contributed by atoms with Gasteiger partial charge in [0.05, 0.1) is 0 Å². The van der Waals surface area contributed by atoms with E-state index in [1.807, 2.05) is 19.1 Å². The monoisotopic (exact) mass is 258 g/mol. The lowest BCUT2D eigenvalue weighted by Crippen LogP contribution is -2.01. The van der Waals surface area contributed by atoms with Gasteiger partial charge in [0.1, 0.15) is 6.61 Å². The molecule has 0 unspecified atom stereocenters. The van der Waals surface area contributed by atoms with Crippen molar-refractivity contribution in [2.75, 3.05) is 0 Å². The summed E-state index contributed by atoms with van der Waals surface area (Å²) in [6.45, 7) is 4.34. The molecule has 0 atom stereocenters. The average Bonchev–Trinajstić information content (AvgIpc) is 2.75. The number of hydrogen-bond donors (Lipinski definition) is 1. The Morgan fingerprint density at radius 1 is 1.39 bits per heavy atom. The summed E-state index contributed by atoms with van der Waals surface area (Å²) in [7, 11) is 0. The number of ether oxygens (including phenoxy) is 1. The third-order valence-electron chi connectivity index (χ3n) is 2.59. The smallest absolute Gasteiger partial charge is 0.234 e. The highest BCUT2D eigenvalue weighted by atomic mass is 32.1. The minimum atomic E-state index is 0.460. The van der Waals surface area contributed by atoms with Crippen molar-refractivity contribution in [3.63, 3.8) is 0 Å². The second-order valence-electron chi connectivity index (χ2n) is 3.84. The zero-order valence-corrected chi connectivity index (χ0v) is 11.2. The summed E-state index contributed by atoms with van der Waals surface area (Å²) >= 11 is 4.06. The number of nitrogens with zero attached hydrogens (tertiary/aromatic N) is 2. The predicted molar refractivity (Wildman–Crippen MR) is 74.7 cm³/mol. The number of hydrogen-bond acceptors (Lipinski definition) is 3. The van der Waals surface area contributed by atoms with Gasteiger partial charge in [-0.2, -0.15) is 0 Å². The molecule has 0 aliphatic heterocycles. The normalized spacial score (nSPS) is 9.72. The highest BCUT2D eigenvalue weighted by Crippen LogP contribution is 2.16. The van der Waals surface area contributed by atoms with E-state index in [1.54, 1.807) is 12.3 Å². The van der Waals surface area contributed by atoms with Crippen LogP contribution in [0.15, 0.2) is 30.5 Å². The first kappa shape index (κ1) is 12.6. The standard InChI is InChI=1S/C14H14N2OS/c1-3-5-12-7-4-6-11(2)13(12)10-17-14-8-9-16(18)15-14/h4,6-9,18H,10H2,1-2H3. The number of benzene rings is 1. The van der Waals surface area contributed by atoms with Gasteiger partial charge >= 0.3 is 0 Å². The molecule has 0 aliphatic rings. The van der Waals surface area contributed by atoms with E-state index in [1.165, 1.54) is 9.65 Å². The Balaban J connectivity index is 2.19. The van der Waals surface area contributed by atoms with Crippen molar-refractivity contribution in [2.24, 2.45) is 0 Å². The fourth-order valence-corrected chi connectivity index (χ4v) is 1.82. The van der Waals surface area contributed by atoms with Gasteiger partial charge in [0.2, 0.25) is 5.88 Å². The molecule has 18 heavy (non-hydrogen) atoms. The van der Waals surface area contributed by atoms with Crippen LogP contribution in [0.4, 0.5) is 0 Å². The van der Waals surface area contributed by atoms with Crippen LogP contribution in [0.1, 0.15) is 23.6 Å². The first-order valence-corrected chi connectivity index (χ1v) is 5.99. The topological polar surface area (TPSA) is 27.1 Å². The van der Waals surface area contributed by atoms with Gasteiger partial charge in [-0.1, -0.05) is 18.1 Å². The van der Waals surface area contributed by atoms with Crippen LogP contribution in [-0.4, -0.2) is 9.19 Å². The molecule has 2 rings (SSSR count). The first-order valence-electron chi connectivity index (χ1n) is 5.59. The van der Waals surface area contributed by atoms with Gasteiger partial charge in [0, 0.05) is 23.4 Å². The SMILES string of the molecule is CC#Cc1cccc(C)c1COc1ccn(S)n1. The van der Waals surface area contributed by atoms with Crippen molar-refractivity contribution in [3.05, 3.63) is 47.2 Å². The third-order valence-corrected chi connectivity index (χ3v) is 2.81. The van der Waals surface area contributed by atoms with E-state index in [-0.39, 0.29) is 0 Å². The molecule has 2 aromatic rings. The molecule has 3 nitrogen and oxygen atoms in total. The second kappa shape index (κ2) is 5.65. The Bertz CT molecular complexity index is 608. The van der Waals surface area contributed by atoms with Gasteiger partial charge in [-0.3, -0.25) is 0 Å². The molecule has 0 radical (unpaired) electrons. The Kier molecular flexibility index (Phi) is 3.96. The van der Waals surface area contributed by atoms with Crippen molar-refractivity contribution >= 4 is 12.8 Å². The molecule has 92 valence electrons. The van der Waals surface area contributed by atoms with Crippen molar-refractivity contribution in [1.82, 2.24) is 9.19 Å². The molecule has 0 saturated heterocycles. The number of thiol groups is 1. The molecular weight excluding hydrogens is 244 g/mol. The van der Waals surface area contributed by atoms with Crippen LogP contribution in [0.3, 0.4) is 0 Å². The first-order chi connectivity index (χ1) is 8.70. The zero-order valence-electron chi connectivity index (χ0n) is 10.3. The Hall–Kier alpha value is -1.86. The molecule has 0 N–H and O–H groups in total. The molecule has 0 bridgehead atoms. The van der Waals surface area contributed by atoms with Crippen LogP contribution in [0.25, 0.3) is 0 Å². The summed E-state index contributed by atoms with van der Waals surface area (Å²) in [6, 6.07) is 7.83. The lowest BCUT2D eigenvalue weighted by Gasteiger charge is -2.09. The minimum absolute atomic E-state index is 0.460. The maximum Gasteiger partial charge on any atom is 0.234 e. The summed E-state index contributed by atoms with van der Waals surface area (Å²) in [4.78, 5) is 0. The fraction of sp³-hybridized carbons (Fsp3) is 0.214. The van der Waals surface area contributed by atoms with Gasteiger partial charge in [-0.05, 0) is 38.3 Å². The molecule has 0 aliphatic carbocycles. The van der Waals surface area contributed by atoms with Crippen molar-refractivity contribution in [3.8, 4) is 17.7 Å². The molecule has 1 aromatic heterocycles. The van der Waals surface area contributed by atoms with Crippen LogP contribution >= 0.6 is 12.8 Å². The van der Waals surface area contributed by atoms with Crippen LogP contribution in [-0.2, 0) is 6.61 Å². The van der Waals surface area contributed by atoms with Crippen LogP contribution in [0.5, 0.6) is 5.88 Å². The highest BCUT2D eigenvalue weighted by molar-refractivity contribution is 7.78. The van der Waals surface area contributed by atoms with Crippen molar-refractivity contribution < 1.29 is 4.74 Å². The zero-order chi connectivity index (χ0) is 13.0. The van der Waals surface area contributed by atoms with E-state index in [4.69, 9.17) is 4.74 Å². The maximum atomic E-state index is 5.63. The van der Waals surface area contributed by atoms with Crippen LogP contribution in [0.2, 0.25) is 0 Å². The highest BCUT2D eigenvalue weighted by Gasteiger charge is 2.06. The Morgan fingerprint density at radius 2 is 2.22 bits per heavy atom. The molecule has 0 fully saturated rings. The minimum Gasteiger partial charge on any atom is -0.472 e. The van der Waals surface area contributed by atoms with E-state index in [9.17, 15) is 0 Å². The van der Waals surface area contributed by atoms with Crippen LogP contribution < -0.4 is 4.74 Å². The number of rotatable bonds is 3. The lowest BCUT2D eigenvalue weighted by atomic mass is 10.0. The Labute approximate surface area is 112 Å². The molecule has 1 heterocycles. The summed E-state index contributed by atoms with van der Waals surface area (Å²) in [5.41, 5.74) is 3.27. The summed E-state index contributed by atoms with van der Waals surface area (Å²) in [5.74, 6) is 6.56. The summed E-state index contributed by atoms with van der Waals surface area (Å²) in [5, 5.41) is 4.05. The third kappa shape index (κ3) is 2.88. The molecule has 0 amide bonds. The fourth-order valence-electron chi connectivity index (χ4n) is 1.67. The molecule has 0 saturated carbocycles. The van der Waals surface area contributed by atoms with Gasteiger partial charge in [-0.25, -0.2) is 4.09 Å². The van der Waals surface area contributed by atoms with Crippen LogP contribution in [0, 0.1) is 18.8 Å². The van der Waals surface area contributed by atoms with Gasteiger partial charge in [-0.15, -0.1) is 11.0 Å². The molecule has 4 heteroatoms. The largest absolute Gasteiger partial charge is 0.472 e. The summed E-state index contributed by atoms with van der Waals surface area (Å²) < 4.78 is 7.05. The molecule has 1 aromatic carbocycles. The number of aryl methyl sites for hydroxylation is 1. The number of aromatic nitrogens is 2. The van der Waals surface area contributed by atoms with Crippen molar-refractivity contribution in [1.29, 1.82) is 0 Å². The van der Waals surface area contributed by atoms with Gasteiger partial charge in [0.15, 0.2) is 0 Å². The van der Waals surface area contributed by atoms with E-state index in [2.05, 4.69) is 42.7 Å². The summed E-state index contributed by atoms with van der Waals surface area (Å²) in [6.07, 6.45) is 1.73. The lowest BCUT2D eigenvalue weighted by molar-refractivity contribution is 0.292. The van der Waals surface area contributed by atoms with Gasteiger partial charge < -0.3 is 4.74 Å². The van der Waals surface area contributed by atoms with E-state index in [0.29, 0.717) is 12.5 Å². The molecule has 0 spiro atoms.